The molecule has 3 heteroatoms. The highest BCUT2D eigenvalue weighted by Gasteiger charge is 2.36. The number of benzene rings is 1. The maximum atomic E-state index is 5.83. The Morgan fingerprint density at radius 1 is 1.43 bits per heavy atom. The molecule has 0 aliphatic heterocycles. The number of hydrogen-bond donors (Lipinski definition) is 1. The average molecular weight is 212 g/mol. The van der Waals surface area contributed by atoms with Gasteiger partial charge in [-0.3, -0.25) is 0 Å². The number of halogens is 1. The van der Waals surface area contributed by atoms with Crippen molar-refractivity contribution in [1.29, 1.82) is 0 Å². The van der Waals surface area contributed by atoms with Crippen LogP contribution in [0.2, 0.25) is 5.02 Å². The van der Waals surface area contributed by atoms with E-state index in [-0.39, 0.29) is 0 Å². The van der Waals surface area contributed by atoms with Gasteiger partial charge in [-0.25, -0.2) is 0 Å². The molecule has 1 fully saturated rings. The van der Waals surface area contributed by atoms with Crippen LogP contribution >= 0.6 is 11.6 Å². The Morgan fingerprint density at radius 2 is 2.29 bits per heavy atom. The molecule has 2 unspecified atom stereocenters. The second-order valence-electron chi connectivity index (χ2n) is 3.76. The maximum Gasteiger partial charge on any atom is 0.120 e. The molecular weight excluding hydrogens is 198 g/mol. The second-order valence-corrected chi connectivity index (χ2v) is 4.20. The fourth-order valence-electron chi connectivity index (χ4n) is 1.56. The van der Waals surface area contributed by atoms with Gasteiger partial charge in [0.15, 0.2) is 0 Å². The topological polar surface area (TPSA) is 35.2 Å². The van der Waals surface area contributed by atoms with Crippen LogP contribution in [0.5, 0.6) is 5.75 Å². The Labute approximate surface area is 89.0 Å². The summed E-state index contributed by atoms with van der Waals surface area (Å²) in [6.45, 7) is 1.55. The minimum absolute atomic E-state index is 0.652. The summed E-state index contributed by atoms with van der Waals surface area (Å²) in [6.07, 6.45) is 1.21. The number of ether oxygens (including phenoxy) is 1. The molecule has 0 heterocycles. The smallest absolute Gasteiger partial charge is 0.120 e. The highest BCUT2D eigenvalue weighted by molar-refractivity contribution is 6.30. The third-order valence-electron chi connectivity index (χ3n) is 2.63. The van der Waals surface area contributed by atoms with Crippen molar-refractivity contribution in [2.45, 2.75) is 6.42 Å². The summed E-state index contributed by atoms with van der Waals surface area (Å²) >= 11 is 5.83. The van der Waals surface area contributed by atoms with Crippen molar-refractivity contribution in [3.63, 3.8) is 0 Å². The fourth-order valence-corrected chi connectivity index (χ4v) is 1.74. The summed E-state index contributed by atoms with van der Waals surface area (Å²) in [5, 5.41) is 0.716. The van der Waals surface area contributed by atoms with E-state index >= 15 is 0 Å². The van der Waals surface area contributed by atoms with Crippen molar-refractivity contribution in [2.24, 2.45) is 17.6 Å². The zero-order valence-corrected chi connectivity index (χ0v) is 8.70. The van der Waals surface area contributed by atoms with E-state index in [2.05, 4.69) is 0 Å². The Balaban J connectivity index is 1.81. The van der Waals surface area contributed by atoms with E-state index in [0.717, 1.165) is 18.9 Å². The third kappa shape index (κ3) is 2.40. The van der Waals surface area contributed by atoms with E-state index in [1.807, 2.05) is 24.3 Å². The first kappa shape index (κ1) is 9.81. The van der Waals surface area contributed by atoms with Crippen molar-refractivity contribution in [3.8, 4) is 5.75 Å². The van der Waals surface area contributed by atoms with Crippen LogP contribution in [-0.4, -0.2) is 13.2 Å². The van der Waals surface area contributed by atoms with Crippen LogP contribution < -0.4 is 10.5 Å². The molecule has 0 bridgehead atoms. The van der Waals surface area contributed by atoms with Crippen LogP contribution in [0.1, 0.15) is 6.42 Å². The molecule has 2 rings (SSSR count). The van der Waals surface area contributed by atoms with Crippen LogP contribution in [0, 0.1) is 11.8 Å². The predicted molar refractivity (Wildman–Crippen MR) is 57.6 cm³/mol. The van der Waals surface area contributed by atoms with Crippen molar-refractivity contribution in [1.82, 2.24) is 0 Å². The minimum Gasteiger partial charge on any atom is -0.493 e. The van der Waals surface area contributed by atoms with Crippen LogP contribution in [0.3, 0.4) is 0 Å². The Kier molecular flexibility index (Phi) is 2.94. The Hall–Kier alpha value is -0.730. The van der Waals surface area contributed by atoms with Crippen molar-refractivity contribution >= 4 is 11.6 Å². The molecule has 2 atom stereocenters. The van der Waals surface area contributed by atoms with Gasteiger partial charge in [0.1, 0.15) is 5.75 Å². The molecular formula is C11H14ClNO. The van der Waals surface area contributed by atoms with Gasteiger partial charge in [-0.2, -0.15) is 0 Å². The molecule has 1 aliphatic carbocycles. The normalized spacial score (nSPS) is 24.7. The third-order valence-corrected chi connectivity index (χ3v) is 2.87. The second kappa shape index (κ2) is 4.20. The van der Waals surface area contributed by atoms with Gasteiger partial charge in [-0.05, 0) is 43.0 Å². The summed E-state index contributed by atoms with van der Waals surface area (Å²) in [7, 11) is 0. The van der Waals surface area contributed by atoms with E-state index in [4.69, 9.17) is 22.1 Å². The first-order chi connectivity index (χ1) is 6.79. The van der Waals surface area contributed by atoms with Gasteiger partial charge in [0.05, 0.1) is 6.61 Å². The number of hydrogen-bond acceptors (Lipinski definition) is 2. The SMILES string of the molecule is NCC1CC1COc1cccc(Cl)c1. The molecule has 0 radical (unpaired) electrons. The lowest BCUT2D eigenvalue weighted by molar-refractivity contribution is 0.292. The van der Waals surface area contributed by atoms with Gasteiger partial charge in [0.25, 0.3) is 0 Å². The monoisotopic (exact) mass is 211 g/mol. The molecule has 1 aromatic rings. The summed E-state index contributed by atoms with van der Waals surface area (Å²) in [5.74, 6) is 2.17. The molecule has 0 amide bonds. The lowest BCUT2D eigenvalue weighted by Gasteiger charge is -2.05. The van der Waals surface area contributed by atoms with Crippen LogP contribution in [0.4, 0.5) is 0 Å². The molecule has 1 saturated carbocycles. The van der Waals surface area contributed by atoms with Gasteiger partial charge in [-0.1, -0.05) is 17.7 Å². The van der Waals surface area contributed by atoms with E-state index in [9.17, 15) is 0 Å². The van der Waals surface area contributed by atoms with E-state index in [1.165, 1.54) is 6.42 Å². The molecule has 1 aromatic carbocycles. The summed E-state index contributed by atoms with van der Waals surface area (Å²) < 4.78 is 5.60. The molecule has 0 saturated heterocycles. The molecule has 14 heavy (non-hydrogen) atoms. The van der Waals surface area contributed by atoms with Gasteiger partial charge in [-0.15, -0.1) is 0 Å². The lowest BCUT2D eigenvalue weighted by atomic mass is 10.3. The van der Waals surface area contributed by atoms with E-state index in [0.29, 0.717) is 16.9 Å². The fraction of sp³-hybridized carbons (Fsp3) is 0.455. The predicted octanol–water partition coefficient (Wildman–Crippen LogP) is 2.31. The molecule has 76 valence electrons. The van der Waals surface area contributed by atoms with Crippen LogP contribution in [-0.2, 0) is 0 Å². The maximum absolute atomic E-state index is 5.83. The first-order valence-electron chi connectivity index (χ1n) is 4.88. The Morgan fingerprint density at radius 3 is 2.93 bits per heavy atom. The highest BCUT2D eigenvalue weighted by Crippen LogP contribution is 2.37. The lowest BCUT2D eigenvalue weighted by Crippen LogP contribution is -2.07. The minimum atomic E-state index is 0.652. The zero-order valence-electron chi connectivity index (χ0n) is 7.95. The summed E-state index contributed by atoms with van der Waals surface area (Å²) in [5.41, 5.74) is 5.54. The van der Waals surface area contributed by atoms with Crippen molar-refractivity contribution < 1.29 is 4.74 Å². The summed E-state index contributed by atoms with van der Waals surface area (Å²) in [4.78, 5) is 0. The quantitative estimate of drug-likeness (QED) is 0.830. The van der Waals surface area contributed by atoms with Gasteiger partial charge in [0, 0.05) is 5.02 Å². The largest absolute Gasteiger partial charge is 0.493 e. The zero-order chi connectivity index (χ0) is 9.97. The highest BCUT2D eigenvalue weighted by atomic mass is 35.5. The molecule has 2 nitrogen and oxygen atoms in total. The molecule has 0 aromatic heterocycles. The van der Waals surface area contributed by atoms with E-state index < -0.39 is 0 Å². The van der Waals surface area contributed by atoms with Gasteiger partial charge in [0.2, 0.25) is 0 Å². The molecule has 0 spiro atoms. The number of nitrogens with two attached hydrogens (primary N) is 1. The van der Waals surface area contributed by atoms with Gasteiger partial charge >= 0.3 is 0 Å². The summed E-state index contributed by atoms with van der Waals surface area (Å²) in [6, 6.07) is 7.49. The standard InChI is InChI=1S/C11H14ClNO/c12-10-2-1-3-11(5-10)14-7-9-4-8(9)6-13/h1-3,5,8-9H,4,6-7,13H2. The Bertz CT molecular complexity index is 316. The van der Waals surface area contributed by atoms with E-state index in [1.54, 1.807) is 0 Å². The average Bonchev–Trinajstić information content (AvgIpc) is 2.93. The number of rotatable bonds is 4. The first-order valence-corrected chi connectivity index (χ1v) is 5.26. The van der Waals surface area contributed by atoms with Gasteiger partial charge < -0.3 is 10.5 Å². The molecule has 1 aliphatic rings. The molecule has 2 N–H and O–H groups in total. The van der Waals surface area contributed by atoms with Crippen molar-refractivity contribution in [2.75, 3.05) is 13.2 Å². The van der Waals surface area contributed by atoms with Crippen LogP contribution in [0.15, 0.2) is 24.3 Å². The van der Waals surface area contributed by atoms with Crippen LogP contribution in [0.25, 0.3) is 0 Å². The van der Waals surface area contributed by atoms with Crippen molar-refractivity contribution in [3.05, 3.63) is 29.3 Å².